The van der Waals surface area contributed by atoms with E-state index in [0.29, 0.717) is 0 Å². The van der Waals surface area contributed by atoms with Crippen molar-refractivity contribution in [2.75, 3.05) is 13.6 Å². The maximum atomic E-state index is 2.52. The minimum atomic E-state index is 0.949. The van der Waals surface area contributed by atoms with E-state index in [1.54, 1.807) is 0 Å². The van der Waals surface area contributed by atoms with Crippen molar-refractivity contribution in [2.24, 2.45) is 11.8 Å². The molecule has 2 bridgehead atoms. The minimum Gasteiger partial charge on any atom is -0.303 e. The average Bonchev–Trinajstić information content (AvgIpc) is 2.24. The zero-order valence-corrected chi connectivity index (χ0v) is 6.30. The summed E-state index contributed by atoms with van der Waals surface area (Å²) in [4.78, 5) is 2.52. The molecule has 1 heteroatoms. The van der Waals surface area contributed by atoms with Gasteiger partial charge in [0.25, 0.3) is 0 Å². The van der Waals surface area contributed by atoms with Gasteiger partial charge in [0.1, 0.15) is 0 Å². The predicted molar refractivity (Wildman–Crippen MR) is 38.3 cm³/mol. The molecule has 2 aliphatic rings. The molecule has 1 saturated carbocycles. The highest BCUT2D eigenvalue weighted by molar-refractivity contribution is 4.93. The van der Waals surface area contributed by atoms with Crippen LogP contribution in [0.3, 0.4) is 0 Å². The molecule has 9 heavy (non-hydrogen) atoms. The van der Waals surface area contributed by atoms with E-state index in [0.717, 1.165) is 17.9 Å². The van der Waals surface area contributed by atoms with E-state index in [4.69, 9.17) is 0 Å². The Morgan fingerprint density at radius 1 is 1.33 bits per heavy atom. The van der Waals surface area contributed by atoms with Crippen LogP contribution in [0.2, 0.25) is 0 Å². The molecule has 1 aliphatic carbocycles. The van der Waals surface area contributed by atoms with Gasteiger partial charge in [0.15, 0.2) is 0 Å². The van der Waals surface area contributed by atoms with Gasteiger partial charge in [-0.3, -0.25) is 0 Å². The Morgan fingerprint density at radius 2 is 2.11 bits per heavy atom. The van der Waals surface area contributed by atoms with Gasteiger partial charge in [-0.25, -0.2) is 0 Å². The second kappa shape index (κ2) is 1.72. The van der Waals surface area contributed by atoms with E-state index >= 15 is 0 Å². The zero-order valence-electron chi connectivity index (χ0n) is 6.30. The Kier molecular flexibility index (Phi) is 1.10. The van der Waals surface area contributed by atoms with Crippen molar-refractivity contribution in [1.29, 1.82) is 0 Å². The fourth-order valence-corrected chi connectivity index (χ4v) is 2.43. The number of rotatable bonds is 0. The van der Waals surface area contributed by atoms with Gasteiger partial charge in [0, 0.05) is 12.6 Å². The van der Waals surface area contributed by atoms with Gasteiger partial charge in [0.2, 0.25) is 0 Å². The Labute approximate surface area is 57.0 Å². The summed E-state index contributed by atoms with van der Waals surface area (Å²) in [5, 5.41) is 0. The topological polar surface area (TPSA) is 3.24 Å². The summed E-state index contributed by atoms with van der Waals surface area (Å²) in [6.45, 7) is 3.77. The average molecular weight is 125 g/mol. The summed E-state index contributed by atoms with van der Waals surface area (Å²) in [6.07, 6.45) is 2.94. The number of hydrogen-bond acceptors (Lipinski definition) is 1. The summed E-state index contributed by atoms with van der Waals surface area (Å²) >= 11 is 0. The highest BCUT2D eigenvalue weighted by atomic mass is 15.2. The molecule has 2 rings (SSSR count). The van der Waals surface area contributed by atoms with Gasteiger partial charge < -0.3 is 4.90 Å². The van der Waals surface area contributed by atoms with Crippen LogP contribution in [0, 0.1) is 11.8 Å². The molecule has 3 atom stereocenters. The number of hydrogen-bond donors (Lipinski definition) is 0. The van der Waals surface area contributed by atoms with Crippen LogP contribution in [-0.4, -0.2) is 24.5 Å². The van der Waals surface area contributed by atoms with Crippen LogP contribution < -0.4 is 0 Å². The Bertz CT molecular complexity index is 104. The highest BCUT2D eigenvalue weighted by Crippen LogP contribution is 2.40. The van der Waals surface area contributed by atoms with E-state index in [1.165, 1.54) is 19.4 Å². The SMILES string of the molecule is C[C@H]1CC2CC1CN2C. The second-order valence-corrected chi connectivity index (χ2v) is 3.80. The van der Waals surface area contributed by atoms with Gasteiger partial charge in [-0.2, -0.15) is 0 Å². The standard InChI is InChI=1S/C8H15N/c1-6-3-8-4-7(6)5-9(8)2/h6-8H,3-5H2,1-2H3/t6-,7?,8?/m0/s1. The molecule has 2 fully saturated rings. The molecule has 0 aromatic carbocycles. The number of nitrogens with zero attached hydrogens (tertiary/aromatic N) is 1. The van der Waals surface area contributed by atoms with E-state index in [2.05, 4.69) is 18.9 Å². The number of likely N-dealkylation sites (tertiary alicyclic amines) is 1. The van der Waals surface area contributed by atoms with E-state index in [1.807, 2.05) is 0 Å². The second-order valence-electron chi connectivity index (χ2n) is 3.80. The predicted octanol–water partition coefficient (Wildman–Crippen LogP) is 1.35. The van der Waals surface area contributed by atoms with Crippen LogP contribution in [-0.2, 0) is 0 Å². The molecule has 0 aromatic rings. The van der Waals surface area contributed by atoms with Crippen molar-refractivity contribution < 1.29 is 0 Å². The van der Waals surface area contributed by atoms with Crippen molar-refractivity contribution in [3.05, 3.63) is 0 Å². The fourth-order valence-electron chi connectivity index (χ4n) is 2.43. The molecule has 1 nitrogen and oxygen atoms in total. The molecule has 52 valence electrons. The molecule has 1 heterocycles. The van der Waals surface area contributed by atoms with Gasteiger partial charge in [-0.1, -0.05) is 6.92 Å². The number of fused-ring (bicyclic) bond motifs is 2. The normalized spacial score (nSPS) is 50.7. The van der Waals surface area contributed by atoms with Crippen LogP contribution in [0.5, 0.6) is 0 Å². The van der Waals surface area contributed by atoms with Crippen molar-refractivity contribution in [2.45, 2.75) is 25.8 Å². The van der Waals surface area contributed by atoms with Gasteiger partial charge in [-0.15, -0.1) is 0 Å². The maximum absolute atomic E-state index is 2.52. The quantitative estimate of drug-likeness (QED) is 0.472. The Hall–Kier alpha value is -0.0400. The Balaban J connectivity index is 2.10. The van der Waals surface area contributed by atoms with Gasteiger partial charge in [-0.05, 0) is 31.7 Å². The maximum Gasteiger partial charge on any atom is 0.00981 e. The van der Waals surface area contributed by atoms with Crippen molar-refractivity contribution in [1.82, 2.24) is 4.90 Å². The molecule has 1 saturated heterocycles. The van der Waals surface area contributed by atoms with E-state index < -0.39 is 0 Å². The molecule has 1 aliphatic heterocycles. The first-order chi connectivity index (χ1) is 4.27. The smallest absolute Gasteiger partial charge is 0.00981 e. The van der Waals surface area contributed by atoms with Gasteiger partial charge in [0.05, 0.1) is 0 Å². The summed E-state index contributed by atoms with van der Waals surface area (Å²) in [6, 6.07) is 0.949. The van der Waals surface area contributed by atoms with Crippen LogP contribution in [0.25, 0.3) is 0 Å². The molecule has 0 aromatic heterocycles. The molecule has 0 spiro atoms. The molecule has 0 N–H and O–H groups in total. The van der Waals surface area contributed by atoms with Crippen molar-refractivity contribution in [3.8, 4) is 0 Å². The third-order valence-corrected chi connectivity index (χ3v) is 3.17. The van der Waals surface area contributed by atoms with E-state index in [9.17, 15) is 0 Å². The fraction of sp³-hybridized carbons (Fsp3) is 1.00. The Morgan fingerprint density at radius 3 is 2.44 bits per heavy atom. The zero-order chi connectivity index (χ0) is 6.43. The molecular formula is C8H15N. The molecule has 0 amide bonds. The molecular weight excluding hydrogens is 110 g/mol. The first-order valence-electron chi connectivity index (χ1n) is 3.97. The van der Waals surface area contributed by atoms with Crippen molar-refractivity contribution in [3.63, 3.8) is 0 Å². The van der Waals surface area contributed by atoms with Crippen LogP contribution in [0.15, 0.2) is 0 Å². The number of piperidine rings is 1. The summed E-state index contributed by atoms with van der Waals surface area (Å²) in [7, 11) is 2.26. The van der Waals surface area contributed by atoms with Crippen LogP contribution >= 0.6 is 0 Å². The van der Waals surface area contributed by atoms with Crippen LogP contribution in [0.1, 0.15) is 19.8 Å². The van der Waals surface area contributed by atoms with Gasteiger partial charge >= 0.3 is 0 Å². The monoisotopic (exact) mass is 125 g/mol. The largest absolute Gasteiger partial charge is 0.303 e. The molecule has 2 unspecified atom stereocenters. The minimum absolute atomic E-state index is 0.949. The lowest BCUT2D eigenvalue weighted by molar-refractivity contribution is 0.219. The van der Waals surface area contributed by atoms with Crippen molar-refractivity contribution >= 4 is 0 Å². The first kappa shape index (κ1) is 5.72. The summed E-state index contributed by atoms with van der Waals surface area (Å²) < 4.78 is 0. The lowest BCUT2D eigenvalue weighted by Crippen LogP contribution is -2.30. The first-order valence-corrected chi connectivity index (χ1v) is 3.97. The van der Waals surface area contributed by atoms with Crippen LogP contribution in [0.4, 0.5) is 0 Å². The lowest BCUT2D eigenvalue weighted by atomic mass is 9.97. The molecule has 0 radical (unpaired) electrons. The highest BCUT2D eigenvalue weighted by Gasteiger charge is 2.40. The third kappa shape index (κ3) is 0.710. The summed E-state index contributed by atoms with van der Waals surface area (Å²) in [5.74, 6) is 2.06. The van der Waals surface area contributed by atoms with E-state index in [-0.39, 0.29) is 0 Å². The lowest BCUT2D eigenvalue weighted by Gasteiger charge is -2.25. The third-order valence-electron chi connectivity index (χ3n) is 3.17. The summed E-state index contributed by atoms with van der Waals surface area (Å²) in [5.41, 5.74) is 0.